The number of benzene rings is 3. The van der Waals surface area contributed by atoms with Crippen LogP contribution in [-0.2, 0) is 4.74 Å². The van der Waals surface area contributed by atoms with Crippen molar-refractivity contribution in [2.45, 2.75) is 6.92 Å². The van der Waals surface area contributed by atoms with E-state index in [0.29, 0.717) is 27.7 Å². The molecule has 0 spiro atoms. The van der Waals surface area contributed by atoms with E-state index in [0.717, 1.165) is 15.6 Å². The molecule has 1 aromatic heterocycles. The average molecular weight is 460 g/mol. The van der Waals surface area contributed by atoms with Crippen molar-refractivity contribution < 1.29 is 14.3 Å². The van der Waals surface area contributed by atoms with Gasteiger partial charge < -0.3 is 4.74 Å². The third-order valence-electron chi connectivity index (χ3n) is 4.75. The van der Waals surface area contributed by atoms with Crippen LogP contribution in [0.25, 0.3) is 22.2 Å². The van der Waals surface area contributed by atoms with Crippen molar-refractivity contribution in [3.05, 3.63) is 100 Å². The first-order valence-corrected chi connectivity index (χ1v) is 10.2. The molecule has 0 aliphatic heterocycles. The lowest BCUT2D eigenvalue weighted by atomic mass is 10.0. The molecule has 0 N–H and O–H groups in total. The van der Waals surface area contributed by atoms with Crippen molar-refractivity contribution in [2.75, 3.05) is 6.61 Å². The first-order valence-electron chi connectivity index (χ1n) is 9.44. The summed E-state index contributed by atoms with van der Waals surface area (Å²) in [5, 5.41) is 0.704. The predicted molar refractivity (Wildman–Crippen MR) is 121 cm³/mol. The summed E-state index contributed by atoms with van der Waals surface area (Å²) in [4.78, 5) is 30.0. The molecule has 4 rings (SSSR count). The molecule has 0 aliphatic carbocycles. The maximum absolute atomic E-state index is 12.9. The Labute approximate surface area is 182 Å². The highest BCUT2D eigenvalue weighted by molar-refractivity contribution is 9.10. The van der Waals surface area contributed by atoms with Crippen LogP contribution in [0.5, 0.6) is 0 Å². The average Bonchev–Trinajstić information content (AvgIpc) is 2.77. The van der Waals surface area contributed by atoms with Gasteiger partial charge in [-0.15, -0.1) is 0 Å². The number of ketones is 1. The van der Waals surface area contributed by atoms with Crippen molar-refractivity contribution in [1.82, 2.24) is 4.98 Å². The molecule has 5 heteroatoms. The Morgan fingerprint density at radius 3 is 2.40 bits per heavy atom. The Bertz CT molecular complexity index is 1230. The van der Waals surface area contributed by atoms with Gasteiger partial charge in [0.2, 0.25) is 0 Å². The highest BCUT2D eigenvalue weighted by Crippen LogP contribution is 2.26. The monoisotopic (exact) mass is 459 g/mol. The fourth-order valence-electron chi connectivity index (χ4n) is 3.19. The van der Waals surface area contributed by atoms with E-state index in [2.05, 4.69) is 15.9 Å². The molecule has 1 heterocycles. The van der Waals surface area contributed by atoms with Gasteiger partial charge in [-0.1, -0.05) is 70.0 Å². The second kappa shape index (κ2) is 8.59. The van der Waals surface area contributed by atoms with Crippen molar-refractivity contribution in [1.29, 1.82) is 0 Å². The molecule has 0 radical (unpaired) electrons. The first kappa shape index (κ1) is 20.0. The fraction of sp³-hybridized carbons (Fsp3) is 0.0800. The molecule has 0 amide bonds. The van der Waals surface area contributed by atoms with Crippen molar-refractivity contribution in [2.24, 2.45) is 0 Å². The van der Waals surface area contributed by atoms with E-state index in [1.165, 1.54) is 0 Å². The van der Waals surface area contributed by atoms with Crippen LogP contribution in [0.15, 0.2) is 83.3 Å². The maximum atomic E-state index is 12.9. The van der Waals surface area contributed by atoms with Crippen molar-refractivity contribution in [3.63, 3.8) is 0 Å². The van der Waals surface area contributed by atoms with Gasteiger partial charge in [-0.2, -0.15) is 0 Å². The minimum absolute atomic E-state index is 0.256. The van der Waals surface area contributed by atoms with Gasteiger partial charge in [0, 0.05) is 21.0 Å². The van der Waals surface area contributed by atoms with Crippen LogP contribution in [-0.4, -0.2) is 23.3 Å². The van der Waals surface area contributed by atoms with Gasteiger partial charge in [0.1, 0.15) is 0 Å². The molecule has 0 saturated heterocycles. The summed E-state index contributed by atoms with van der Waals surface area (Å²) in [5.74, 6) is -0.802. The molecule has 30 heavy (non-hydrogen) atoms. The normalized spacial score (nSPS) is 10.7. The number of carbonyl (C=O) groups is 2. The number of halogens is 1. The number of carbonyl (C=O) groups excluding carboxylic acids is 2. The standard InChI is InChI=1S/C25H18BrNO3/c1-16-7-12-22-20(13-16)21(14-23(27-22)17-5-3-2-4-6-17)25(29)30-15-24(28)18-8-10-19(26)11-9-18/h2-14H,15H2,1H3. The van der Waals surface area contributed by atoms with Gasteiger partial charge in [-0.25, -0.2) is 9.78 Å². The first-order chi connectivity index (χ1) is 14.5. The van der Waals surface area contributed by atoms with E-state index in [4.69, 9.17) is 9.72 Å². The third-order valence-corrected chi connectivity index (χ3v) is 5.28. The number of esters is 1. The van der Waals surface area contributed by atoms with Gasteiger partial charge in [-0.05, 0) is 37.3 Å². The number of Topliss-reactive ketones (excluding diaryl/α,β-unsaturated/α-hetero) is 1. The highest BCUT2D eigenvalue weighted by Gasteiger charge is 2.17. The number of nitrogens with zero attached hydrogens (tertiary/aromatic N) is 1. The molecule has 0 unspecified atom stereocenters. The second-order valence-corrected chi connectivity index (χ2v) is 7.86. The fourth-order valence-corrected chi connectivity index (χ4v) is 3.46. The molecular formula is C25H18BrNO3. The van der Waals surface area contributed by atoms with Gasteiger partial charge >= 0.3 is 5.97 Å². The van der Waals surface area contributed by atoms with Gasteiger partial charge in [0.05, 0.1) is 16.8 Å². The number of aromatic nitrogens is 1. The lowest BCUT2D eigenvalue weighted by Crippen LogP contribution is -2.15. The topological polar surface area (TPSA) is 56.3 Å². The van der Waals surface area contributed by atoms with Crippen LogP contribution < -0.4 is 0 Å². The van der Waals surface area contributed by atoms with Crippen LogP contribution >= 0.6 is 15.9 Å². The van der Waals surface area contributed by atoms with Crippen LogP contribution in [0.2, 0.25) is 0 Å². The lowest BCUT2D eigenvalue weighted by molar-refractivity contribution is 0.0476. The maximum Gasteiger partial charge on any atom is 0.339 e. The quantitative estimate of drug-likeness (QED) is 0.270. The zero-order valence-corrected chi connectivity index (χ0v) is 17.8. The van der Waals surface area contributed by atoms with Gasteiger partial charge in [-0.3, -0.25) is 4.79 Å². The molecule has 0 aliphatic rings. The third kappa shape index (κ3) is 4.31. The van der Waals surface area contributed by atoms with E-state index in [-0.39, 0.29) is 12.4 Å². The Kier molecular flexibility index (Phi) is 5.72. The Morgan fingerprint density at radius 2 is 1.67 bits per heavy atom. The van der Waals surface area contributed by atoms with Crippen LogP contribution in [0.4, 0.5) is 0 Å². The minimum Gasteiger partial charge on any atom is -0.454 e. The second-order valence-electron chi connectivity index (χ2n) is 6.95. The number of pyridine rings is 1. The molecule has 0 fully saturated rings. The zero-order valence-electron chi connectivity index (χ0n) is 16.3. The van der Waals surface area contributed by atoms with E-state index >= 15 is 0 Å². The van der Waals surface area contributed by atoms with E-state index < -0.39 is 5.97 Å². The summed E-state index contributed by atoms with van der Waals surface area (Å²) >= 11 is 3.34. The summed E-state index contributed by atoms with van der Waals surface area (Å²) in [6, 6.07) is 24.1. The number of aryl methyl sites for hydroxylation is 1. The molecular weight excluding hydrogens is 442 g/mol. The van der Waals surface area contributed by atoms with E-state index in [9.17, 15) is 9.59 Å². The summed E-state index contributed by atoms with van der Waals surface area (Å²) < 4.78 is 6.26. The number of hydrogen-bond acceptors (Lipinski definition) is 4. The number of fused-ring (bicyclic) bond motifs is 1. The predicted octanol–water partition coefficient (Wildman–Crippen LogP) is 6.01. The van der Waals surface area contributed by atoms with Crippen molar-refractivity contribution in [3.8, 4) is 11.3 Å². The summed E-state index contributed by atoms with van der Waals surface area (Å²) in [6.07, 6.45) is 0. The van der Waals surface area contributed by atoms with Crippen LogP contribution in [0.3, 0.4) is 0 Å². The van der Waals surface area contributed by atoms with Crippen molar-refractivity contribution >= 4 is 38.6 Å². The number of ether oxygens (including phenoxy) is 1. The smallest absolute Gasteiger partial charge is 0.339 e. The number of rotatable bonds is 5. The minimum atomic E-state index is -0.546. The SMILES string of the molecule is Cc1ccc2nc(-c3ccccc3)cc(C(=O)OCC(=O)c3ccc(Br)cc3)c2c1. The molecule has 0 saturated carbocycles. The summed E-state index contributed by atoms with van der Waals surface area (Å²) in [7, 11) is 0. The molecule has 4 nitrogen and oxygen atoms in total. The van der Waals surface area contributed by atoms with Crippen LogP contribution in [0.1, 0.15) is 26.3 Å². The Hall–Kier alpha value is -3.31. The lowest BCUT2D eigenvalue weighted by Gasteiger charge is -2.11. The largest absolute Gasteiger partial charge is 0.454 e. The Morgan fingerprint density at radius 1 is 0.933 bits per heavy atom. The number of hydrogen-bond donors (Lipinski definition) is 0. The molecule has 0 bridgehead atoms. The van der Waals surface area contributed by atoms with E-state index in [1.54, 1.807) is 30.3 Å². The highest BCUT2D eigenvalue weighted by atomic mass is 79.9. The summed E-state index contributed by atoms with van der Waals surface area (Å²) in [5.41, 5.74) is 4.18. The van der Waals surface area contributed by atoms with E-state index in [1.807, 2.05) is 55.5 Å². The van der Waals surface area contributed by atoms with Crippen LogP contribution in [0, 0.1) is 6.92 Å². The zero-order chi connectivity index (χ0) is 21.1. The summed E-state index contributed by atoms with van der Waals surface area (Å²) in [6.45, 7) is 1.63. The molecule has 3 aromatic carbocycles. The van der Waals surface area contributed by atoms with Gasteiger partial charge in [0.15, 0.2) is 12.4 Å². The molecule has 4 aromatic rings. The Balaban J connectivity index is 1.66. The molecule has 0 atom stereocenters. The van der Waals surface area contributed by atoms with Gasteiger partial charge in [0.25, 0.3) is 0 Å². The molecule has 148 valence electrons.